The lowest BCUT2D eigenvalue weighted by atomic mass is 9.78. The van der Waals surface area contributed by atoms with Gasteiger partial charge in [0.1, 0.15) is 11.0 Å². The quantitative estimate of drug-likeness (QED) is 0.814. The molecule has 0 bridgehead atoms. The Morgan fingerprint density at radius 1 is 1.47 bits per heavy atom. The van der Waals surface area contributed by atoms with Crippen LogP contribution in [0.2, 0.25) is 5.15 Å². The molecule has 92 valence electrons. The molecule has 2 N–H and O–H groups in total. The highest BCUT2D eigenvalue weighted by molar-refractivity contribution is 6.29. The summed E-state index contributed by atoms with van der Waals surface area (Å²) in [7, 11) is 1.74. The topological polar surface area (TPSA) is 54.0 Å². The Kier molecular flexibility index (Phi) is 3.24. The maximum absolute atomic E-state index is 12.0. The van der Waals surface area contributed by atoms with Crippen molar-refractivity contribution in [1.82, 2.24) is 10.3 Å². The lowest BCUT2D eigenvalue weighted by Gasteiger charge is -2.39. The van der Waals surface area contributed by atoms with Crippen molar-refractivity contribution >= 4 is 23.3 Å². The van der Waals surface area contributed by atoms with Crippen LogP contribution in [-0.4, -0.2) is 23.5 Å². The van der Waals surface area contributed by atoms with Gasteiger partial charge in [-0.05, 0) is 38.3 Å². The number of carbonyl (C=O) groups is 1. The van der Waals surface area contributed by atoms with Crippen LogP contribution in [0.1, 0.15) is 36.5 Å². The average molecular weight is 254 g/mol. The molecule has 0 aliphatic heterocycles. The van der Waals surface area contributed by atoms with Crippen LogP contribution in [0.4, 0.5) is 5.82 Å². The number of nitrogens with one attached hydrogen (secondary N) is 2. The van der Waals surface area contributed by atoms with Gasteiger partial charge in [0.2, 0.25) is 0 Å². The molecule has 0 radical (unpaired) electrons. The fourth-order valence-corrected chi connectivity index (χ4v) is 2.14. The first-order valence-electron chi connectivity index (χ1n) is 5.70. The van der Waals surface area contributed by atoms with Gasteiger partial charge in [0.05, 0.1) is 0 Å². The summed E-state index contributed by atoms with van der Waals surface area (Å²) < 4.78 is 0. The summed E-state index contributed by atoms with van der Waals surface area (Å²) in [5.41, 5.74) is 0.495. The van der Waals surface area contributed by atoms with Crippen molar-refractivity contribution in [3.63, 3.8) is 0 Å². The fourth-order valence-electron chi connectivity index (χ4n) is 1.93. The van der Waals surface area contributed by atoms with Crippen LogP contribution in [0.25, 0.3) is 0 Å². The van der Waals surface area contributed by atoms with E-state index in [0.717, 1.165) is 12.8 Å². The second kappa shape index (κ2) is 4.53. The van der Waals surface area contributed by atoms with Crippen molar-refractivity contribution in [1.29, 1.82) is 0 Å². The SMILES string of the molecule is CNc1cc(C(=O)NC2(C)CCC2)cc(Cl)n1. The van der Waals surface area contributed by atoms with Gasteiger partial charge >= 0.3 is 0 Å². The van der Waals surface area contributed by atoms with E-state index in [1.54, 1.807) is 19.2 Å². The van der Waals surface area contributed by atoms with E-state index < -0.39 is 0 Å². The molecule has 0 atom stereocenters. The zero-order chi connectivity index (χ0) is 12.5. The number of anilines is 1. The average Bonchev–Trinajstić information content (AvgIpc) is 2.26. The van der Waals surface area contributed by atoms with Crippen molar-refractivity contribution < 1.29 is 4.79 Å². The van der Waals surface area contributed by atoms with Gasteiger partial charge in [0, 0.05) is 18.2 Å². The molecule has 2 rings (SSSR count). The first-order valence-corrected chi connectivity index (χ1v) is 6.08. The highest BCUT2D eigenvalue weighted by atomic mass is 35.5. The van der Waals surface area contributed by atoms with E-state index in [1.807, 2.05) is 0 Å². The molecule has 4 nitrogen and oxygen atoms in total. The molecule has 1 saturated carbocycles. The molecule has 1 aromatic heterocycles. The summed E-state index contributed by atoms with van der Waals surface area (Å²) in [5.74, 6) is 0.509. The summed E-state index contributed by atoms with van der Waals surface area (Å²) in [6, 6.07) is 3.28. The maximum Gasteiger partial charge on any atom is 0.251 e. The van der Waals surface area contributed by atoms with Crippen LogP contribution >= 0.6 is 11.6 Å². The van der Waals surface area contributed by atoms with Crippen molar-refractivity contribution in [2.75, 3.05) is 12.4 Å². The van der Waals surface area contributed by atoms with E-state index in [1.165, 1.54) is 6.42 Å². The van der Waals surface area contributed by atoms with E-state index in [0.29, 0.717) is 16.5 Å². The first-order chi connectivity index (χ1) is 8.02. The number of rotatable bonds is 3. The van der Waals surface area contributed by atoms with Crippen molar-refractivity contribution in [2.24, 2.45) is 0 Å². The molecular formula is C12H16ClN3O. The normalized spacial score (nSPS) is 17.1. The van der Waals surface area contributed by atoms with E-state index in [9.17, 15) is 4.79 Å². The summed E-state index contributed by atoms with van der Waals surface area (Å²) in [6.45, 7) is 2.07. The van der Waals surface area contributed by atoms with Crippen LogP contribution in [0.15, 0.2) is 12.1 Å². The monoisotopic (exact) mass is 253 g/mol. The van der Waals surface area contributed by atoms with Gasteiger partial charge in [0.25, 0.3) is 5.91 Å². The van der Waals surface area contributed by atoms with Crippen molar-refractivity contribution in [3.05, 3.63) is 22.8 Å². The summed E-state index contributed by atoms with van der Waals surface area (Å²) >= 11 is 5.86. The highest BCUT2D eigenvalue weighted by Crippen LogP contribution is 2.31. The molecule has 0 saturated heterocycles. The summed E-state index contributed by atoms with van der Waals surface area (Å²) in [6.07, 6.45) is 3.25. The number of amides is 1. The molecule has 1 fully saturated rings. The van der Waals surface area contributed by atoms with Crippen LogP contribution in [0, 0.1) is 0 Å². The summed E-state index contributed by atoms with van der Waals surface area (Å²) in [4.78, 5) is 16.1. The lowest BCUT2D eigenvalue weighted by molar-refractivity contribution is 0.0850. The van der Waals surface area contributed by atoms with Crippen molar-refractivity contribution in [3.8, 4) is 0 Å². The number of pyridine rings is 1. The Morgan fingerprint density at radius 3 is 2.71 bits per heavy atom. The highest BCUT2D eigenvalue weighted by Gasteiger charge is 2.33. The van der Waals surface area contributed by atoms with E-state index >= 15 is 0 Å². The number of hydrogen-bond donors (Lipinski definition) is 2. The second-order valence-corrected chi connectivity index (χ2v) is 5.07. The third-order valence-electron chi connectivity index (χ3n) is 3.18. The van der Waals surface area contributed by atoms with E-state index in [4.69, 9.17) is 11.6 Å². The zero-order valence-electron chi connectivity index (χ0n) is 10.0. The number of aromatic nitrogens is 1. The van der Waals surface area contributed by atoms with Crippen molar-refractivity contribution in [2.45, 2.75) is 31.7 Å². The molecule has 1 aromatic rings. The standard InChI is InChI=1S/C12H16ClN3O/c1-12(4-3-5-12)16-11(17)8-6-9(13)15-10(7-8)14-2/h6-7H,3-5H2,1-2H3,(H,14,15)(H,16,17). The van der Waals surface area contributed by atoms with Gasteiger partial charge in [-0.3, -0.25) is 4.79 Å². The molecular weight excluding hydrogens is 238 g/mol. The Bertz CT molecular complexity index is 443. The van der Waals surface area contributed by atoms with Crippen LogP contribution < -0.4 is 10.6 Å². The predicted molar refractivity (Wildman–Crippen MR) is 68.5 cm³/mol. The lowest BCUT2D eigenvalue weighted by Crippen LogP contribution is -2.50. The minimum Gasteiger partial charge on any atom is -0.373 e. The van der Waals surface area contributed by atoms with Gasteiger partial charge in [-0.1, -0.05) is 11.6 Å². The third-order valence-corrected chi connectivity index (χ3v) is 3.38. The predicted octanol–water partition coefficient (Wildman–Crippen LogP) is 2.45. The number of halogens is 1. The molecule has 1 amide bonds. The van der Waals surface area contributed by atoms with Gasteiger partial charge in [-0.25, -0.2) is 4.98 Å². The molecule has 1 heterocycles. The molecule has 1 aliphatic carbocycles. The Balaban J connectivity index is 2.15. The summed E-state index contributed by atoms with van der Waals surface area (Å²) in [5, 5.41) is 6.23. The molecule has 1 aliphatic rings. The van der Waals surface area contributed by atoms with Gasteiger partial charge < -0.3 is 10.6 Å². The second-order valence-electron chi connectivity index (χ2n) is 4.68. The van der Waals surface area contributed by atoms with Crippen LogP contribution in [0.5, 0.6) is 0 Å². The van der Waals surface area contributed by atoms with Gasteiger partial charge in [-0.15, -0.1) is 0 Å². The molecule has 5 heteroatoms. The first kappa shape index (κ1) is 12.2. The van der Waals surface area contributed by atoms with Gasteiger partial charge in [-0.2, -0.15) is 0 Å². The Hall–Kier alpha value is -1.29. The minimum absolute atomic E-state index is 0.0490. The number of hydrogen-bond acceptors (Lipinski definition) is 3. The fraction of sp³-hybridized carbons (Fsp3) is 0.500. The van der Waals surface area contributed by atoms with Crippen LogP contribution in [0.3, 0.4) is 0 Å². The molecule has 0 unspecified atom stereocenters. The number of nitrogens with zero attached hydrogens (tertiary/aromatic N) is 1. The van der Waals surface area contributed by atoms with Crippen LogP contribution in [-0.2, 0) is 0 Å². The molecule has 0 spiro atoms. The molecule has 17 heavy (non-hydrogen) atoms. The maximum atomic E-state index is 12.0. The Morgan fingerprint density at radius 2 is 2.18 bits per heavy atom. The molecule has 0 aromatic carbocycles. The smallest absolute Gasteiger partial charge is 0.251 e. The largest absolute Gasteiger partial charge is 0.373 e. The zero-order valence-corrected chi connectivity index (χ0v) is 10.8. The Labute approximate surface area is 106 Å². The van der Waals surface area contributed by atoms with Gasteiger partial charge in [0.15, 0.2) is 0 Å². The third kappa shape index (κ3) is 2.69. The van der Waals surface area contributed by atoms with E-state index in [-0.39, 0.29) is 11.4 Å². The van der Waals surface area contributed by atoms with E-state index in [2.05, 4.69) is 22.5 Å². The number of carbonyl (C=O) groups excluding carboxylic acids is 1. The minimum atomic E-state index is -0.0898.